The van der Waals surface area contributed by atoms with Gasteiger partial charge in [0, 0.05) is 17.8 Å². The van der Waals surface area contributed by atoms with E-state index < -0.39 is 5.82 Å². The molecule has 1 heterocycles. The van der Waals surface area contributed by atoms with Crippen LogP contribution in [-0.4, -0.2) is 13.2 Å². The molecule has 3 rings (SSSR count). The van der Waals surface area contributed by atoms with E-state index in [9.17, 15) is 4.39 Å². The van der Waals surface area contributed by atoms with Crippen LogP contribution in [0.1, 0.15) is 18.5 Å². The molecular formula is C16H15ClFNO2. The SMILES string of the molecule is CC(Nc1ccc2c(c1)OCCO2)c1ccc(Cl)c(F)c1. The molecule has 0 amide bonds. The highest BCUT2D eigenvalue weighted by Crippen LogP contribution is 2.34. The summed E-state index contributed by atoms with van der Waals surface area (Å²) in [7, 11) is 0. The van der Waals surface area contributed by atoms with Gasteiger partial charge in [0.2, 0.25) is 0 Å². The molecule has 1 N–H and O–H groups in total. The second-order valence-corrected chi connectivity index (χ2v) is 5.31. The van der Waals surface area contributed by atoms with Crippen LogP contribution < -0.4 is 14.8 Å². The molecule has 0 saturated heterocycles. The number of fused-ring (bicyclic) bond motifs is 1. The van der Waals surface area contributed by atoms with Crippen LogP contribution >= 0.6 is 11.6 Å². The minimum atomic E-state index is -0.412. The number of ether oxygens (including phenoxy) is 2. The molecule has 0 radical (unpaired) electrons. The van der Waals surface area contributed by atoms with Crippen LogP contribution in [0.5, 0.6) is 11.5 Å². The summed E-state index contributed by atoms with van der Waals surface area (Å²) >= 11 is 5.70. The van der Waals surface area contributed by atoms with Crippen molar-refractivity contribution in [1.82, 2.24) is 0 Å². The Hall–Kier alpha value is -1.94. The van der Waals surface area contributed by atoms with Gasteiger partial charge < -0.3 is 14.8 Å². The molecule has 21 heavy (non-hydrogen) atoms. The summed E-state index contributed by atoms with van der Waals surface area (Å²) in [4.78, 5) is 0. The van der Waals surface area contributed by atoms with Crippen molar-refractivity contribution in [2.45, 2.75) is 13.0 Å². The molecule has 1 unspecified atom stereocenters. The normalized spacial score (nSPS) is 14.6. The smallest absolute Gasteiger partial charge is 0.163 e. The van der Waals surface area contributed by atoms with Crippen LogP contribution in [0.3, 0.4) is 0 Å². The number of benzene rings is 2. The number of nitrogens with one attached hydrogen (secondary N) is 1. The molecule has 0 bridgehead atoms. The maximum absolute atomic E-state index is 13.5. The second-order valence-electron chi connectivity index (χ2n) is 4.90. The molecule has 2 aromatic rings. The Morgan fingerprint density at radius 1 is 1.10 bits per heavy atom. The zero-order chi connectivity index (χ0) is 14.8. The first-order valence-electron chi connectivity index (χ1n) is 6.74. The lowest BCUT2D eigenvalue weighted by Gasteiger charge is -2.21. The molecule has 0 aromatic heterocycles. The van der Waals surface area contributed by atoms with Crippen molar-refractivity contribution in [3.05, 3.63) is 52.8 Å². The molecule has 2 aromatic carbocycles. The first-order chi connectivity index (χ1) is 10.1. The van der Waals surface area contributed by atoms with Crippen molar-refractivity contribution >= 4 is 17.3 Å². The third-order valence-corrected chi connectivity index (χ3v) is 3.68. The van der Waals surface area contributed by atoms with E-state index in [0.717, 1.165) is 22.7 Å². The van der Waals surface area contributed by atoms with Gasteiger partial charge in [-0.3, -0.25) is 0 Å². The lowest BCUT2D eigenvalue weighted by atomic mass is 10.1. The van der Waals surface area contributed by atoms with E-state index >= 15 is 0 Å². The van der Waals surface area contributed by atoms with Gasteiger partial charge in [-0.1, -0.05) is 17.7 Å². The molecular weight excluding hydrogens is 293 g/mol. The summed E-state index contributed by atoms with van der Waals surface area (Å²) in [5, 5.41) is 3.44. The van der Waals surface area contributed by atoms with E-state index in [4.69, 9.17) is 21.1 Å². The minimum Gasteiger partial charge on any atom is -0.486 e. The minimum absolute atomic E-state index is 0.0562. The van der Waals surface area contributed by atoms with Gasteiger partial charge in [-0.25, -0.2) is 4.39 Å². The van der Waals surface area contributed by atoms with Gasteiger partial charge in [0.15, 0.2) is 11.5 Å². The monoisotopic (exact) mass is 307 g/mol. The summed E-state index contributed by atoms with van der Waals surface area (Å²) in [6.07, 6.45) is 0. The molecule has 1 aliphatic heterocycles. The predicted molar refractivity (Wildman–Crippen MR) is 80.9 cm³/mol. The van der Waals surface area contributed by atoms with Crippen LogP contribution in [-0.2, 0) is 0 Å². The van der Waals surface area contributed by atoms with E-state index in [-0.39, 0.29) is 11.1 Å². The highest BCUT2D eigenvalue weighted by Gasteiger charge is 2.13. The van der Waals surface area contributed by atoms with E-state index in [1.54, 1.807) is 12.1 Å². The van der Waals surface area contributed by atoms with Crippen molar-refractivity contribution in [3.8, 4) is 11.5 Å². The maximum atomic E-state index is 13.5. The van der Waals surface area contributed by atoms with Crippen molar-refractivity contribution < 1.29 is 13.9 Å². The van der Waals surface area contributed by atoms with Crippen LogP contribution in [0, 0.1) is 5.82 Å². The molecule has 110 valence electrons. The fourth-order valence-electron chi connectivity index (χ4n) is 2.25. The van der Waals surface area contributed by atoms with E-state index in [1.165, 1.54) is 6.07 Å². The Morgan fingerprint density at radius 2 is 1.86 bits per heavy atom. The number of hydrogen-bond donors (Lipinski definition) is 1. The van der Waals surface area contributed by atoms with Gasteiger partial charge >= 0.3 is 0 Å². The molecule has 1 aliphatic rings. The van der Waals surface area contributed by atoms with E-state index in [2.05, 4.69) is 5.32 Å². The lowest BCUT2D eigenvalue weighted by Crippen LogP contribution is -2.15. The Kier molecular flexibility index (Phi) is 3.88. The van der Waals surface area contributed by atoms with Gasteiger partial charge in [0.05, 0.1) is 5.02 Å². The van der Waals surface area contributed by atoms with E-state index in [1.807, 2.05) is 25.1 Å². The molecule has 0 spiro atoms. The van der Waals surface area contributed by atoms with E-state index in [0.29, 0.717) is 13.2 Å². The molecule has 0 fully saturated rings. The van der Waals surface area contributed by atoms with Crippen molar-refractivity contribution in [2.24, 2.45) is 0 Å². The second kappa shape index (κ2) is 5.82. The molecule has 1 atom stereocenters. The zero-order valence-corrected chi connectivity index (χ0v) is 12.3. The van der Waals surface area contributed by atoms with Crippen LogP contribution in [0.15, 0.2) is 36.4 Å². The van der Waals surface area contributed by atoms with Gasteiger partial charge in [-0.15, -0.1) is 0 Å². The Bertz CT molecular complexity index is 663. The molecule has 3 nitrogen and oxygen atoms in total. The molecule has 0 saturated carbocycles. The van der Waals surface area contributed by atoms with Crippen LogP contribution in [0.25, 0.3) is 0 Å². The van der Waals surface area contributed by atoms with Crippen LogP contribution in [0.2, 0.25) is 5.02 Å². The Balaban J connectivity index is 1.77. The first-order valence-corrected chi connectivity index (χ1v) is 7.12. The number of hydrogen-bond acceptors (Lipinski definition) is 3. The largest absolute Gasteiger partial charge is 0.486 e. The summed E-state index contributed by atoms with van der Waals surface area (Å²) in [5.74, 6) is 1.06. The molecule has 5 heteroatoms. The quantitative estimate of drug-likeness (QED) is 0.910. The fourth-order valence-corrected chi connectivity index (χ4v) is 2.37. The maximum Gasteiger partial charge on any atom is 0.163 e. The van der Waals surface area contributed by atoms with Crippen molar-refractivity contribution in [3.63, 3.8) is 0 Å². The standard InChI is InChI=1S/C16H15ClFNO2/c1-10(11-2-4-13(17)14(18)8-11)19-12-3-5-15-16(9-12)21-7-6-20-15/h2-5,8-10,19H,6-7H2,1H3. The number of rotatable bonds is 3. The Morgan fingerprint density at radius 3 is 2.62 bits per heavy atom. The predicted octanol–water partition coefficient (Wildman–Crippen LogP) is 4.42. The summed E-state index contributed by atoms with van der Waals surface area (Å²) in [5.41, 5.74) is 1.72. The van der Waals surface area contributed by atoms with Crippen molar-refractivity contribution in [1.29, 1.82) is 0 Å². The molecule has 0 aliphatic carbocycles. The Labute approximate surface area is 127 Å². The van der Waals surface area contributed by atoms with Crippen molar-refractivity contribution in [2.75, 3.05) is 18.5 Å². The summed E-state index contributed by atoms with van der Waals surface area (Å²) in [6.45, 7) is 3.08. The average Bonchev–Trinajstić information content (AvgIpc) is 2.50. The zero-order valence-electron chi connectivity index (χ0n) is 11.5. The number of halogens is 2. The third-order valence-electron chi connectivity index (χ3n) is 3.37. The van der Waals surface area contributed by atoms with Gasteiger partial charge in [0.1, 0.15) is 19.0 Å². The number of anilines is 1. The fraction of sp³-hybridized carbons (Fsp3) is 0.250. The van der Waals surface area contributed by atoms with Gasteiger partial charge in [-0.2, -0.15) is 0 Å². The lowest BCUT2D eigenvalue weighted by molar-refractivity contribution is 0.171. The topological polar surface area (TPSA) is 30.5 Å². The third kappa shape index (κ3) is 3.05. The van der Waals surface area contributed by atoms with Crippen LogP contribution in [0.4, 0.5) is 10.1 Å². The average molecular weight is 308 g/mol. The first kappa shape index (κ1) is 14.0. The van der Waals surface area contributed by atoms with Gasteiger partial charge in [-0.05, 0) is 36.8 Å². The highest BCUT2D eigenvalue weighted by molar-refractivity contribution is 6.30. The summed E-state index contributed by atoms with van der Waals surface area (Å²) < 4.78 is 24.5. The van der Waals surface area contributed by atoms with Gasteiger partial charge in [0.25, 0.3) is 0 Å². The summed E-state index contributed by atoms with van der Waals surface area (Å²) in [6, 6.07) is 10.4. The highest BCUT2D eigenvalue weighted by atomic mass is 35.5.